The summed E-state index contributed by atoms with van der Waals surface area (Å²) in [5, 5.41) is 5.08. The van der Waals surface area contributed by atoms with Crippen molar-refractivity contribution in [2.75, 3.05) is 48.5 Å². The van der Waals surface area contributed by atoms with E-state index in [2.05, 4.69) is 10.6 Å². The first kappa shape index (κ1) is 30.5. The Kier molecular flexibility index (Phi) is 11.5. The predicted octanol–water partition coefficient (Wildman–Crippen LogP) is 3.22. The van der Waals surface area contributed by atoms with Gasteiger partial charge < -0.3 is 30.7 Å². The second-order valence-electron chi connectivity index (χ2n) is 7.94. The number of nitrogens with two attached hydrogens (primary N) is 1. The van der Waals surface area contributed by atoms with E-state index in [4.69, 9.17) is 15.2 Å². The van der Waals surface area contributed by atoms with Gasteiger partial charge in [0.1, 0.15) is 0 Å². The highest BCUT2D eigenvalue weighted by molar-refractivity contribution is 5.99. The first-order chi connectivity index (χ1) is 18.0. The van der Waals surface area contributed by atoms with Crippen LogP contribution < -0.4 is 26.2 Å². The summed E-state index contributed by atoms with van der Waals surface area (Å²) in [7, 11) is 0.996. The number of hydrogen-bond donors (Lipinski definition) is 3. The molecule has 13 heteroatoms. The summed E-state index contributed by atoms with van der Waals surface area (Å²) in [6.45, 7) is 4.34. The van der Waals surface area contributed by atoms with E-state index in [9.17, 15) is 27.6 Å². The molecule has 0 unspecified atom stereocenters. The van der Waals surface area contributed by atoms with E-state index in [1.165, 1.54) is 29.2 Å². The van der Waals surface area contributed by atoms with Crippen molar-refractivity contribution in [3.63, 3.8) is 0 Å². The number of nitrogens with one attached hydrogen (secondary N) is 2. The van der Waals surface area contributed by atoms with Crippen molar-refractivity contribution in [1.82, 2.24) is 5.32 Å². The van der Waals surface area contributed by atoms with Crippen molar-refractivity contribution < 1.29 is 37.0 Å². The molecule has 0 aliphatic rings. The number of nitrogens with zero attached hydrogens (tertiary/aromatic N) is 2. The molecular formula is C25H32F3N5O5. The lowest BCUT2D eigenvalue weighted by Gasteiger charge is -2.27. The number of ether oxygens (including phenoxy) is 2. The number of urea groups is 1. The van der Waals surface area contributed by atoms with E-state index >= 15 is 0 Å². The number of hydrogen-bond acceptors (Lipinski definition) is 6. The summed E-state index contributed by atoms with van der Waals surface area (Å²) in [5.74, 6) is -2.59. The van der Waals surface area contributed by atoms with Crippen molar-refractivity contribution in [3.05, 3.63) is 54.1 Å². The molecule has 0 spiro atoms. The fourth-order valence-corrected chi connectivity index (χ4v) is 3.32. The largest absolute Gasteiger partial charge is 0.471 e. The molecular weight excluding hydrogens is 507 g/mol. The molecule has 10 nitrogen and oxygen atoms in total. The molecule has 38 heavy (non-hydrogen) atoms. The van der Waals surface area contributed by atoms with Crippen LogP contribution in [0.3, 0.4) is 0 Å². The Bertz CT molecular complexity index is 1060. The Hall–Kier alpha value is -3.68. The first-order valence-corrected chi connectivity index (χ1v) is 11.8. The Morgan fingerprint density at radius 3 is 2.00 bits per heavy atom. The van der Waals surface area contributed by atoms with Crippen LogP contribution in [-0.4, -0.2) is 63.7 Å². The highest BCUT2D eigenvalue weighted by Crippen LogP contribution is 2.23. The average molecular weight is 540 g/mol. The van der Waals surface area contributed by atoms with Crippen LogP contribution in [0, 0.1) is 0 Å². The van der Waals surface area contributed by atoms with Crippen LogP contribution in [0.4, 0.5) is 35.0 Å². The third-order valence-corrected chi connectivity index (χ3v) is 5.25. The third-order valence-electron chi connectivity index (χ3n) is 5.25. The normalized spacial score (nSPS) is 11.3. The second-order valence-corrected chi connectivity index (χ2v) is 7.94. The van der Waals surface area contributed by atoms with Gasteiger partial charge >= 0.3 is 18.1 Å². The fourth-order valence-electron chi connectivity index (χ4n) is 3.32. The molecule has 0 heterocycles. The summed E-state index contributed by atoms with van der Waals surface area (Å²) < 4.78 is 49.0. The van der Waals surface area contributed by atoms with E-state index in [0.29, 0.717) is 30.3 Å². The minimum absolute atomic E-state index is 0.00641. The van der Waals surface area contributed by atoms with Gasteiger partial charge in [0.05, 0.1) is 13.1 Å². The topological polar surface area (TPSA) is 126 Å². The Morgan fingerprint density at radius 2 is 1.50 bits per heavy atom. The summed E-state index contributed by atoms with van der Waals surface area (Å²) in [4.78, 5) is 38.7. The number of alkyl halides is 3. The lowest BCUT2D eigenvalue weighted by molar-refractivity contribution is -0.170. The molecule has 4 amide bonds. The fraction of sp³-hybridized carbons (Fsp3) is 0.400. The van der Waals surface area contributed by atoms with E-state index < -0.39 is 36.9 Å². The van der Waals surface area contributed by atoms with Gasteiger partial charge in [-0.15, -0.1) is 0 Å². The first-order valence-electron chi connectivity index (χ1n) is 11.8. The van der Waals surface area contributed by atoms with Gasteiger partial charge in [-0.05, 0) is 55.8 Å². The van der Waals surface area contributed by atoms with E-state index in [-0.39, 0.29) is 17.9 Å². The quantitative estimate of drug-likeness (QED) is 0.356. The molecule has 0 saturated carbocycles. The summed E-state index contributed by atoms with van der Waals surface area (Å²) >= 11 is 0. The van der Waals surface area contributed by atoms with Gasteiger partial charge in [0.2, 0.25) is 5.91 Å². The Balaban J connectivity index is 2.04. The van der Waals surface area contributed by atoms with E-state index in [1.807, 2.05) is 0 Å². The number of amides is 4. The maximum Gasteiger partial charge on any atom is 0.471 e. The standard InChI is InChI=1S/C25H32F3N5O5/c1-4-37-22(38-5-2)16-33(20-10-6-17(14-29)7-11-20)24(36)30-15-21(34)31-18-8-12-19(13-9-18)32(3)23(35)25(26,27)28/h6-13,22H,4-5,14-16,29H2,1-3H3,(H,30,36)(H,31,34). The lowest BCUT2D eigenvalue weighted by Crippen LogP contribution is -2.47. The molecule has 2 aromatic rings. The van der Waals surface area contributed by atoms with Gasteiger partial charge in [0, 0.05) is 43.9 Å². The highest BCUT2D eigenvalue weighted by atomic mass is 19.4. The zero-order valence-electron chi connectivity index (χ0n) is 21.4. The van der Waals surface area contributed by atoms with Crippen LogP contribution in [0.25, 0.3) is 0 Å². The Labute approximate surface area is 218 Å². The maximum absolute atomic E-state index is 13.0. The van der Waals surface area contributed by atoms with Crippen LogP contribution in [0.1, 0.15) is 19.4 Å². The number of anilines is 3. The van der Waals surface area contributed by atoms with E-state index in [1.54, 1.807) is 38.1 Å². The van der Waals surface area contributed by atoms with Crippen LogP contribution in [0.2, 0.25) is 0 Å². The van der Waals surface area contributed by atoms with Gasteiger partial charge in [-0.3, -0.25) is 14.5 Å². The molecule has 0 atom stereocenters. The minimum atomic E-state index is -5.01. The highest BCUT2D eigenvalue weighted by Gasteiger charge is 2.41. The number of halogens is 3. The molecule has 0 bridgehead atoms. The third kappa shape index (κ3) is 9.01. The number of rotatable bonds is 12. The molecule has 0 aromatic heterocycles. The van der Waals surface area contributed by atoms with E-state index in [0.717, 1.165) is 12.6 Å². The van der Waals surface area contributed by atoms with Crippen molar-refractivity contribution in [3.8, 4) is 0 Å². The molecule has 2 aromatic carbocycles. The molecule has 2 rings (SSSR count). The van der Waals surface area contributed by atoms with Gasteiger partial charge in [0.25, 0.3) is 0 Å². The Morgan fingerprint density at radius 1 is 0.947 bits per heavy atom. The van der Waals surface area contributed by atoms with Crippen LogP contribution >= 0.6 is 0 Å². The van der Waals surface area contributed by atoms with Crippen molar-refractivity contribution in [2.24, 2.45) is 5.73 Å². The molecule has 0 aliphatic carbocycles. The SMILES string of the molecule is CCOC(CN(C(=O)NCC(=O)Nc1ccc(N(C)C(=O)C(F)(F)F)cc1)c1ccc(CN)cc1)OCC. The summed E-state index contributed by atoms with van der Waals surface area (Å²) in [6.07, 6.45) is -5.70. The van der Waals surface area contributed by atoms with Crippen LogP contribution in [0.15, 0.2) is 48.5 Å². The zero-order valence-corrected chi connectivity index (χ0v) is 21.4. The average Bonchev–Trinajstić information content (AvgIpc) is 2.89. The van der Waals surface area contributed by atoms with Gasteiger partial charge in [0.15, 0.2) is 6.29 Å². The lowest BCUT2D eigenvalue weighted by atomic mass is 10.2. The second kappa shape index (κ2) is 14.3. The maximum atomic E-state index is 13.0. The van der Waals surface area contributed by atoms with Gasteiger partial charge in [-0.25, -0.2) is 4.79 Å². The summed E-state index contributed by atoms with van der Waals surface area (Å²) in [5.41, 5.74) is 7.33. The molecule has 0 radical (unpaired) electrons. The number of carbonyl (C=O) groups excluding carboxylic acids is 3. The zero-order chi connectivity index (χ0) is 28.3. The number of carbonyl (C=O) groups is 3. The minimum Gasteiger partial charge on any atom is -0.351 e. The van der Waals surface area contributed by atoms with Crippen LogP contribution in [-0.2, 0) is 25.6 Å². The summed E-state index contributed by atoms with van der Waals surface area (Å²) in [6, 6.07) is 11.6. The monoisotopic (exact) mass is 539 g/mol. The molecule has 4 N–H and O–H groups in total. The number of benzene rings is 2. The molecule has 208 valence electrons. The molecule has 0 fully saturated rings. The van der Waals surface area contributed by atoms with Gasteiger partial charge in [-0.1, -0.05) is 12.1 Å². The van der Waals surface area contributed by atoms with Crippen molar-refractivity contribution >= 4 is 34.9 Å². The van der Waals surface area contributed by atoms with Crippen molar-refractivity contribution in [1.29, 1.82) is 0 Å². The van der Waals surface area contributed by atoms with Gasteiger partial charge in [-0.2, -0.15) is 13.2 Å². The smallest absolute Gasteiger partial charge is 0.351 e. The van der Waals surface area contributed by atoms with Crippen LogP contribution in [0.5, 0.6) is 0 Å². The predicted molar refractivity (Wildman–Crippen MR) is 137 cm³/mol. The molecule has 0 saturated heterocycles. The van der Waals surface area contributed by atoms with Crippen molar-refractivity contribution in [2.45, 2.75) is 32.9 Å². The molecule has 0 aliphatic heterocycles.